The van der Waals surface area contributed by atoms with Crippen LogP contribution in [-0.2, 0) is 0 Å². The Morgan fingerprint density at radius 1 is 1.33 bits per heavy atom. The summed E-state index contributed by atoms with van der Waals surface area (Å²) in [6, 6.07) is 0. The molecule has 15 heavy (non-hydrogen) atoms. The second-order valence-corrected chi connectivity index (χ2v) is 5.21. The van der Waals surface area contributed by atoms with Gasteiger partial charge in [-0.3, -0.25) is 0 Å². The number of allylic oxidation sites excluding steroid dienone is 3. The minimum absolute atomic E-state index is 0.652. The molecule has 1 nitrogen and oxygen atoms in total. The van der Waals surface area contributed by atoms with Gasteiger partial charge in [0, 0.05) is 0 Å². The minimum Gasteiger partial charge on any atom is -0.386 e. The number of aliphatic hydroxyl groups is 1. The van der Waals surface area contributed by atoms with E-state index in [0.717, 1.165) is 19.3 Å². The molecule has 0 aromatic heterocycles. The van der Waals surface area contributed by atoms with Crippen molar-refractivity contribution < 1.29 is 5.11 Å². The topological polar surface area (TPSA) is 20.2 Å². The number of hydrogen-bond acceptors (Lipinski definition) is 1. The number of hydrogen-bond donors (Lipinski definition) is 1. The van der Waals surface area contributed by atoms with E-state index in [-0.39, 0.29) is 0 Å². The van der Waals surface area contributed by atoms with Gasteiger partial charge in [0.05, 0.1) is 5.60 Å². The Balaban J connectivity index is 3.96. The highest BCUT2D eigenvalue weighted by molar-refractivity contribution is 5.01. The van der Waals surface area contributed by atoms with Gasteiger partial charge >= 0.3 is 0 Å². The standard InChI is InChI=1S/C14H26O/c1-12(2)8-6-10-14(5,15)11-7-9-13(3)4/h6,9-10,12,15H,7-8,11H2,1-5H3. The van der Waals surface area contributed by atoms with Crippen molar-refractivity contribution in [2.75, 3.05) is 0 Å². The van der Waals surface area contributed by atoms with Crippen LogP contribution in [0.25, 0.3) is 0 Å². The summed E-state index contributed by atoms with van der Waals surface area (Å²) in [4.78, 5) is 0. The molecule has 0 aromatic carbocycles. The summed E-state index contributed by atoms with van der Waals surface area (Å²) in [7, 11) is 0. The summed E-state index contributed by atoms with van der Waals surface area (Å²) >= 11 is 0. The van der Waals surface area contributed by atoms with Crippen LogP contribution >= 0.6 is 0 Å². The predicted molar refractivity (Wildman–Crippen MR) is 67.9 cm³/mol. The molecule has 1 atom stereocenters. The molecular formula is C14H26O. The average Bonchev–Trinajstić information content (AvgIpc) is 2.01. The van der Waals surface area contributed by atoms with Crippen molar-refractivity contribution >= 4 is 0 Å². The molecule has 0 aliphatic rings. The van der Waals surface area contributed by atoms with Crippen LogP contribution in [0.4, 0.5) is 0 Å². The highest BCUT2D eigenvalue weighted by Gasteiger charge is 2.14. The molecule has 0 aliphatic heterocycles. The van der Waals surface area contributed by atoms with Crippen LogP contribution in [0.15, 0.2) is 23.8 Å². The van der Waals surface area contributed by atoms with Crippen molar-refractivity contribution in [3.8, 4) is 0 Å². The van der Waals surface area contributed by atoms with Gasteiger partial charge in [-0.25, -0.2) is 0 Å². The molecule has 1 unspecified atom stereocenters. The van der Waals surface area contributed by atoms with Crippen molar-refractivity contribution in [3.63, 3.8) is 0 Å². The van der Waals surface area contributed by atoms with Crippen molar-refractivity contribution in [3.05, 3.63) is 23.8 Å². The summed E-state index contributed by atoms with van der Waals surface area (Å²) in [6.45, 7) is 10.4. The zero-order chi connectivity index (χ0) is 11.9. The lowest BCUT2D eigenvalue weighted by Crippen LogP contribution is -2.20. The van der Waals surface area contributed by atoms with Crippen LogP contribution in [0, 0.1) is 5.92 Å². The third kappa shape index (κ3) is 9.74. The fourth-order valence-electron chi connectivity index (χ4n) is 1.33. The zero-order valence-electron chi connectivity index (χ0n) is 10.9. The Kier molecular flexibility index (Phi) is 6.58. The van der Waals surface area contributed by atoms with E-state index >= 15 is 0 Å². The lowest BCUT2D eigenvalue weighted by Gasteiger charge is -2.18. The normalized spacial score (nSPS) is 15.7. The molecule has 0 spiro atoms. The molecule has 0 aliphatic carbocycles. The van der Waals surface area contributed by atoms with Gasteiger partial charge in [0.25, 0.3) is 0 Å². The van der Waals surface area contributed by atoms with Crippen molar-refractivity contribution in [1.29, 1.82) is 0 Å². The van der Waals surface area contributed by atoms with Crippen molar-refractivity contribution in [1.82, 2.24) is 0 Å². The SMILES string of the molecule is CC(C)=CCCC(C)(O)C=CCC(C)C. The number of rotatable bonds is 6. The summed E-state index contributed by atoms with van der Waals surface area (Å²) in [5.74, 6) is 0.662. The van der Waals surface area contributed by atoms with Crippen LogP contribution in [0.3, 0.4) is 0 Å². The molecule has 0 radical (unpaired) electrons. The summed E-state index contributed by atoms with van der Waals surface area (Å²) in [5.41, 5.74) is 0.665. The molecule has 0 bridgehead atoms. The van der Waals surface area contributed by atoms with E-state index in [1.54, 1.807) is 0 Å². The summed E-state index contributed by atoms with van der Waals surface area (Å²) in [6.07, 6.45) is 8.98. The molecule has 0 amide bonds. The Labute approximate surface area is 94.9 Å². The lowest BCUT2D eigenvalue weighted by atomic mass is 9.97. The monoisotopic (exact) mass is 210 g/mol. The van der Waals surface area contributed by atoms with E-state index in [0.29, 0.717) is 5.92 Å². The minimum atomic E-state index is -0.652. The third-order valence-corrected chi connectivity index (χ3v) is 2.29. The maximum absolute atomic E-state index is 10.0. The smallest absolute Gasteiger partial charge is 0.0802 e. The average molecular weight is 210 g/mol. The Morgan fingerprint density at radius 2 is 1.93 bits per heavy atom. The first-order valence-electron chi connectivity index (χ1n) is 5.87. The quantitative estimate of drug-likeness (QED) is 0.655. The molecule has 0 fully saturated rings. The van der Waals surface area contributed by atoms with Crippen LogP contribution in [-0.4, -0.2) is 10.7 Å². The maximum atomic E-state index is 10.0. The highest BCUT2D eigenvalue weighted by atomic mass is 16.3. The van der Waals surface area contributed by atoms with E-state index in [9.17, 15) is 5.11 Å². The van der Waals surface area contributed by atoms with Gasteiger partial charge in [0.2, 0.25) is 0 Å². The van der Waals surface area contributed by atoms with E-state index in [4.69, 9.17) is 0 Å². The van der Waals surface area contributed by atoms with Crippen LogP contribution in [0.2, 0.25) is 0 Å². The molecular weight excluding hydrogens is 184 g/mol. The van der Waals surface area contributed by atoms with Gasteiger partial charge in [-0.05, 0) is 46.0 Å². The van der Waals surface area contributed by atoms with E-state index in [1.165, 1.54) is 5.57 Å². The van der Waals surface area contributed by atoms with Gasteiger partial charge in [-0.2, -0.15) is 0 Å². The first-order chi connectivity index (χ1) is 6.83. The summed E-state index contributed by atoms with van der Waals surface area (Å²) < 4.78 is 0. The van der Waals surface area contributed by atoms with E-state index in [1.807, 2.05) is 13.0 Å². The first-order valence-corrected chi connectivity index (χ1v) is 5.87. The van der Waals surface area contributed by atoms with Gasteiger partial charge in [0.1, 0.15) is 0 Å². The second-order valence-electron chi connectivity index (χ2n) is 5.21. The van der Waals surface area contributed by atoms with E-state index < -0.39 is 5.60 Å². The summed E-state index contributed by atoms with van der Waals surface area (Å²) in [5, 5.41) is 10.0. The van der Waals surface area contributed by atoms with Gasteiger partial charge in [-0.15, -0.1) is 0 Å². The predicted octanol–water partition coefficient (Wildman–Crippen LogP) is 4.09. The molecule has 88 valence electrons. The molecule has 1 heteroatoms. The Bertz CT molecular complexity index is 217. The van der Waals surface area contributed by atoms with Gasteiger partial charge < -0.3 is 5.11 Å². The molecule has 0 saturated carbocycles. The molecule has 0 saturated heterocycles. The van der Waals surface area contributed by atoms with Gasteiger partial charge in [0.15, 0.2) is 0 Å². The molecule has 0 heterocycles. The Morgan fingerprint density at radius 3 is 2.40 bits per heavy atom. The molecule has 0 aromatic rings. The molecule has 1 N–H and O–H groups in total. The van der Waals surface area contributed by atoms with Crippen LogP contribution < -0.4 is 0 Å². The van der Waals surface area contributed by atoms with E-state index in [2.05, 4.69) is 39.8 Å². The largest absolute Gasteiger partial charge is 0.386 e. The van der Waals surface area contributed by atoms with Crippen LogP contribution in [0.1, 0.15) is 53.9 Å². The lowest BCUT2D eigenvalue weighted by molar-refractivity contribution is 0.103. The fourth-order valence-corrected chi connectivity index (χ4v) is 1.33. The van der Waals surface area contributed by atoms with Crippen molar-refractivity contribution in [2.24, 2.45) is 5.92 Å². The highest BCUT2D eigenvalue weighted by Crippen LogP contribution is 2.16. The fraction of sp³-hybridized carbons (Fsp3) is 0.714. The van der Waals surface area contributed by atoms with Gasteiger partial charge in [-0.1, -0.05) is 37.6 Å². The first kappa shape index (κ1) is 14.4. The third-order valence-electron chi connectivity index (χ3n) is 2.29. The van der Waals surface area contributed by atoms with Crippen LogP contribution in [0.5, 0.6) is 0 Å². The van der Waals surface area contributed by atoms with Crippen molar-refractivity contribution in [2.45, 2.75) is 59.5 Å². The second kappa shape index (κ2) is 6.84. The molecule has 0 rings (SSSR count). The zero-order valence-corrected chi connectivity index (χ0v) is 10.9. The maximum Gasteiger partial charge on any atom is 0.0802 e. The Hall–Kier alpha value is -0.560.